The van der Waals surface area contributed by atoms with Crippen LogP contribution in [0.2, 0.25) is 0 Å². The van der Waals surface area contributed by atoms with Gasteiger partial charge in [0.2, 0.25) is 15.9 Å². The van der Waals surface area contributed by atoms with Crippen LogP contribution in [0, 0.1) is 0 Å². The fourth-order valence-electron chi connectivity index (χ4n) is 2.88. The highest BCUT2D eigenvalue weighted by Crippen LogP contribution is 2.22. The number of rotatable bonds is 9. The van der Waals surface area contributed by atoms with Gasteiger partial charge in [0.15, 0.2) is 0 Å². The number of ether oxygens (including phenoxy) is 1. The van der Waals surface area contributed by atoms with Gasteiger partial charge >= 0.3 is 0 Å². The second kappa shape index (κ2) is 9.41. The molecule has 0 fully saturated rings. The second-order valence-electron chi connectivity index (χ2n) is 6.21. The van der Waals surface area contributed by atoms with Crippen molar-refractivity contribution in [1.82, 2.24) is 5.32 Å². The van der Waals surface area contributed by atoms with E-state index in [1.165, 1.54) is 4.31 Å². The molecule has 0 spiro atoms. The standard InChI is InChI=1S/C20H26N2O4S/c1-4-19(22(27(3,24)25)17-8-6-5-7-9-17)20(23)21-15-14-16-10-12-18(26-2)13-11-16/h5-13,19H,4,14-15H2,1-3H3,(H,21,23)/t19-/m0/s1. The van der Waals surface area contributed by atoms with Crippen LogP contribution in [-0.2, 0) is 21.2 Å². The largest absolute Gasteiger partial charge is 0.497 e. The molecular weight excluding hydrogens is 364 g/mol. The van der Waals surface area contributed by atoms with Crippen LogP contribution in [0.3, 0.4) is 0 Å². The van der Waals surface area contributed by atoms with E-state index in [1.54, 1.807) is 44.4 Å². The van der Waals surface area contributed by atoms with Crippen molar-refractivity contribution in [2.75, 3.05) is 24.2 Å². The maximum atomic E-state index is 12.7. The Hall–Kier alpha value is -2.54. The lowest BCUT2D eigenvalue weighted by molar-refractivity contribution is -0.122. The SMILES string of the molecule is CC[C@@H](C(=O)NCCc1ccc(OC)cc1)N(c1ccccc1)S(C)(=O)=O. The summed E-state index contributed by atoms with van der Waals surface area (Å²) in [6.07, 6.45) is 2.14. The highest BCUT2D eigenvalue weighted by molar-refractivity contribution is 7.92. The van der Waals surface area contributed by atoms with E-state index < -0.39 is 16.1 Å². The summed E-state index contributed by atoms with van der Waals surface area (Å²) in [5.41, 5.74) is 1.55. The molecule has 1 N–H and O–H groups in total. The Kier molecular flexibility index (Phi) is 7.24. The van der Waals surface area contributed by atoms with Crippen LogP contribution in [0.4, 0.5) is 5.69 Å². The highest BCUT2D eigenvalue weighted by Gasteiger charge is 2.31. The summed E-state index contributed by atoms with van der Waals surface area (Å²) < 4.78 is 31.0. The van der Waals surface area contributed by atoms with Gasteiger partial charge in [-0.05, 0) is 42.7 Å². The maximum Gasteiger partial charge on any atom is 0.243 e. The number of carbonyl (C=O) groups excluding carboxylic acids is 1. The molecule has 2 aromatic rings. The van der Waals surface area contributed by atoms with Gasteiger partial charge in [-0.15, -0.1) is 0 Å². The molecule has 6 nitrogen and oxygen atoms in total. The van der Waals surface area contributed by atoms with E-state index >= 15 is 0 Å². The summed E-state index contributed by atoms with van der Waals surface area (Å²) in [6, 6.07) is 15.5. The van der Waals surface area contributed by atoms with Crippen molar-refractivity contribution in [3.8, 4) is 5.75 Å². The number of methoxy groups -OCH3 is 1. The molecule has 146 valence electrons. The first-order valence-corrected chi connectivity index (χ1v) is 10.7. The third-order valence-electron chi connectivity index (χ3n) is 4.21. The van der Waals surface area contributed by atoms with Crippen molar-refractivity contribution in [3.05, 3.63) is 60.2 Å². The van der Waals surface area contributed by atoms with Gasteiger partial charge in [-0.2, -0.15) is 0 Å². The Morgan fingerprint density at radius 1 is 1.11 bits per heavy atom. The first kappa shape index (κ1) is 20.8. The number of nitrogens with one attached hydrogen (secondary N) is 1. The summed E-state index contributed by atoms with van der Waals surface area (Å²) in [7, 11) is -1.99. The van der Waals surface area contributed by atoms with E-state index in [0.29, 0.717) is 25.1 Å². The van der Waals surface area contributed by atoms with E-state index in [1.807, 2.05) is 24.3 Å². The first-order chi connectivity index (χ1) is 12.9. The lowest BCUT2D eigenvalue weighted by Gasteiger charge is -2.30. The van der Waals surface area contributed by atoms with Crippen LogP contribution in [0.1, 0.15) is 18.9 Å². The second-order valence-corrected chi connectivity index (χ2v) is 8.07. The van der Waals surface area contributed by atoms with Crippen LogP contribution in [0.15, 0.2) is 54.6 Å². The molecule has 0 aliphatic carbocycles. The molecule has 0 radical (unpaired) electrons. The normalized spacial score (nSPS) is 12.3. The molecule has 7 heteroatoms. The van der Waals surface area contributed by atoms with Gasteiger partial charge in [-0.25, -0.2) is 8.42 Å². The van der Waals surface area contributed by atoms with Gasteiger partial charge < -0.3 is 10.1 Å². The Labute approximate surface area is 161 Å². The fourth-order valence-corrected chi connectivity index (χ4v) is 4.09. The van der Waals surface area contributed by atoms with Gasteiger partial charge in [0.1, 0.15) is 11.8 Å². The average Bonchev–Trinajstić information content (AvgIpc) is 2.66. The Morgan fingerprint density at radius 2 is 1.74 bits per heavy atom. The van der Waals surface area contributed by atoms with Crippen molar-refractivity contribution in [2.45, 2.75) is 25.8 Å². The summed E-state index contributed by atoms with van der Waals surface area (Å²) in [5, 5.41) is 2.86. The number of hydrogen-bond acceptors (Lipinski definition) is 4. The maximum absolute atomic E-state index is 12.7. The Bertz CT molecular complexity index is 836. The minimum atomic E-state index is -3.60. The van der Waals surface area contributed by atoms with Crippen LogP contribution >= 0.6 is 0 Å². The number of nitrogens with zero attached hydrogens (tertiary/aromatic N) is 1. The zero-order valence-corrected chi connectivity index (χ0v) is 16.7. The van der Waals surface area contributed by atoms with Crippen molar-refractivity contribution >= 4 is 21.6 Å². The third kappa shape index (κ3) is 5.72. The van der Waals surface area contributed by atoms with Crippen LogP contribution in [-0.4, -0.2) is 40.3 Å². The molecule has 2 rings (SSSR count). The summed E-state index contributed by atoms with van der Waals surface area (Å²) >= 11 is 0. The Balaban J connectivity index is 2.06. The zero-order valence-electron chi connectivity index (χ0n) is 15.9. The molecule has 0 unspecified atom stereocenters. The third-order valence-corrected chi connectivity index (χ3v) is 5.39. The fraction of sp³-hybridized carbons (Fsp3) is 0.350. The van der Waals surface area contributed by atoms with Crippen molar-refractivity contribution in [2.24, 2.45) is 0 Å². The molecule has 2 aromatic carbocycles. The molecule has 0 saturated heterocycles. The number of anilines is 1. The summed E-state index contributed by atoms with van der Waals surface area (Å²) in [4.78, 5) is 12.7. The van der Waals surface area contributed by atoms with Gasteiger partial charge in [0, 0.05) is 6.54 Å². The quantitative estimate of drug-likeness (QED) is 0.714. The summed E-state index contributed by atoms with van der Waals surface area (Å²) in [6.45, 7) is 2.23. The van der Waals surface area contributed by atoms with Crippen LogP contribution in [0.5, 0.6) is 5.75 Å². The van der Waals surface area contributed by atoms with E-state index in [0.717, 1.165) is 17.6 Å². The molecule has 1 atom stereocenters. The number of carbonyl (C=O) groups is 1. The van der Waals surface area contributed by atoms with Gasteiger partial charge in [0.25, 0.3) is 0 Å². The van der Waals surface area contributed by atoms with E-state index in [9.17, 15) is 13.2 Å². The predicted octanol–water partition coefficient (Wildman–Crippen LogP) is 2.60. The smallest absolute Gasteiger partial charge is 0.243 e. The van der Waals surface area contributed by atoms with Crippen LogP contribution in [0.25, 0.3) is 0 Å². The minimum absolute atomic E-state index is 0.305. The molecule has 0 aromatic heterocycles. The number of amides is 1. The minimum Gasteiger partial charge on any atom is -0.497 e. The lowest BCUT2D eigenvalue weighted by Crippen LogP contribution is -2.49. The monoisotopic (exact) mass is 390 g/mol. The number of sulfonamides is 1. The molecular formula is C20H26N2O4S. The number of hydrogen-bond donors (Lipinski definition) is 1. The van der Waals surface area contributed by atoms with E-state index in [-0.39, 0.29) is 5.91 Å². The van der Waals surface area contributed by atoms with Crippen LogP contribution < -0.4 is 14.4 Å². The van der Waals surface area contributed by atoms with Crippen molar-refractivity contribution in [3.63, 3.8) is 0 Å². The van der Waals surface area contributed by atoms with Gasteiger partial charge in [-0.1, -0.05) is 37.3 Å². The Morgan fingerprint density at radius 3 is 2.26 bits per heavy atom. The average molecular weight is 391 g/mol. The molecule has 0 bridgehead atoms. The van der Waals surface area contributed by atoms with Gasteiger partial charge in [-0.3, -0.25) is 9.10 Å². The molecule has 27 heavy (non-hydrogen) atoms. The number of benzene rings is 2. The van der Waals surface area contributed by atoms with Crippen molar-refractivity contribution < 1.29 is 17.9 Å². The first-order valence-electron chi connectivity index (χ1n) is 8.82. The predicted molar refractivity (Wildman–Crippen MR) is 108 cm³/mol. The number of para-hydroxylation sites is 1. The van der Waals surface area contributed by atoms with E-state index in [4.69, 9.17) is 4.74 Å². The lowest BCUT2D eigenvalue weighted by atomic mass is 10.1. The molecule has 0 aliphatic heterocycles. The van der Waals surface area contributed by atoms with E-state index in [2.05, 4.69) is 5.32 Å². The van der Waals surface area contributed by atoms with Crippen molar-refractivity contribution in [1.29, 1.82) is 0 Å². The topological polar surface area (TPSA) is 75.7 Å². The molecule has 0 saturated carbocycles. The highest BCUT2D eigenvalue weighted by atomic mass is 32.2. The summed E-state index contributed by atoms with van der Waals surface area (Å²) in [5.74, 6) is 0.473. The molecule has 0 heterocycles. The molecule has 0 aliphatic rings. The molecule has 1 amide bonds. The zero-order chi connectivity index (χ0) is 19.9. The van der Waals surface area contributed by atoms with Gasteiger partial charge in [0.05, 0.1) is 19.1 Å².